The molecule has 0 bridgehead atoms. The summed E-state index contributed by atoms with van der Waals surface area (Å²) in [6.07, 6.45) is 6.50. The van der Waals surface area contributed by atoms with Crippen molar-refractivity contribution in [3.8, 4) is 0 Å². The van der Waals surface area contributed by atoms with Gasteiger partial charge in [0.15, 0.2) is 0 Å². The van der Waals surface area contributed by atoms with Gasteiger partial charge in [0, 0.05) is 24.6 Å². The van der Waals surface area contributed by atoms with Gasteiger partial charge in [-0.15, -0.1) is 0 Å². The van der Waals surface area contributed by atoms with E-state index in [1.807, 2.05) is 11.8 Å². The molecular weight excluding hydrogens is 280 g/mol. The van der Waals surface area contributed by atoms with E-state index in [9.17, 15) is 9.59 Å². The van der Waals surface area contributed by atoms with Gasteiger partial charge >= 0.3 is 0 Å². The van der Waals surface area contributed by atoms with Gasteiger partial charge in [0.1, 0.15) is 5.82 Å². The number of nitrogens with one attached hydrogen (secondary N) is 2. The molecule has 3 rings (SSSR count). The Hall–Kier alpha value is -1.85. The molecule has 1 aliphatic heterocycles. The van der Waals surface area contributed by atoms with Gasteiger partial charge in [-0.05, 0) is 38.5 Å². The molecular formula is C16H24N4O2. The van der Waals surface area contributed by atoms with E-state index in [4.69, 9.17) is 0 Å². The number of amides is 2. The number of hydrogen-bond donors (Lipinski definition) is 2. The fourth-order valence-corrected chi connectivity index (χ4v) is 3.51. The predicted octanol–water partition coefficient (Wildman–Crippen LogP) is 2.08. The third-order valence-corrected chi connectivity index (χ3v) is 5.03. The van der Waals surface area contributed by atoms with Crippen molar-refractivity contribution in [2.75, 3.05) is 11.9 Å². The Kier molecular flexibility index (Phi) is 4.18. The van der Waals surface area contributed by atoms with Gasteiger partial charge in [0.05, 0.1) is 12.1 Å². The van der Waals surface area contributed by atoms with E-state index in [0.29, 0.717) is 24.8 Å². The Morgan fingerprint density at radius 3 is 2.73 bits per heavy atom. The molecule has 1 aromatic rings. The highest BCUT2D eigenvalue weighted by molar-refractivity contribution is 5.97. The van der Waals surface area contributed by atoms with Gasteiger partial charge in [-0.25, -0.2) is 0 Å². The number of aromatic nitrogens is 2. The Bertz CT molecular complexity index is 560. The second kappa shape index (κ2) is 6.10. The highest BCUT2D eigenvalue weighted by Gasteiger charge is 2.38. The third kappa shape index (κ3) is 3.00. The maximum atomic E-state index is 12.4. The highest BCUT2D eigenvalue weighted by Crippen LogP contribution is 2.31. The highest BCUT2D eigenvalue weighted by atomic mass is 16.2. The average Bonchev–Trinajstić information content (AvgIpc) is 3.07. The van der Waals surface area contributed by atoms with Crippen LogP contribution in [0.3, 0.4) is 0 Å². The third-order valence-electron chi connectivity index (χ3n) is 5.03. The zero-order valence-corrected chi connectivity index (χ0v) is 13.3. The van der Waals surface area contributed by atoms with Crippen molar-refractivity contribution in [1.82, 2.24) is 15.1 Å². The van der Waals surface area contributed by atoms with Crippen molar-refractivity contribution in [2.24, 2.45) is 11.8 Å². The average molecular weight is 304 g/mol. The Morgan fingerprint density at radius 2 is 2.09 bits per heavy atom. The Morgan fingerprint density at radius 1 is 1.36 bits per heavy atom. The number of likely N-dealkylation sites (tertiary alicyclic amines) is 1. The second-order valence-corrected chi connectivity index (χ2v) is 6.78. The smallest absolute Gasteiger partial charge is 0.230 e. The molecule has 120 valence electrons. The zero-order valence-electron chi connectivity index (χ0n) is 13.3. The van der Waals surface area contributed by atoms with Crippen molar-refractivity contribution in [1.29, 1.82) is 0 Å². The molecule has 1 aromatic heterocycles. The number of hydrogen-bond acceptors (Lipinski definition) is 3. The number of rotatable bonds is 3. The SMILES string of the molecule is Cc1cn[nH]c1NC(=O)C1CC(=O)N(C2CCC(C)CC2)C1. The molecule has 2 fully saturated rings. The van der Waals surface area contributed by atoms with Crippen LogP contribution in [-0.2, 0) is 9.59 Å². The molecule has 6 nitrogen and oxygen atoms in total. The predicted molar refractivity (Wildman–Crippen MR) is 83.2 cm³/mol. The second-order valence-electron chi connectivity index (χ2n) is 6.78. The molecule has 2 N–H and O–H groups in total. The van der Waals surface area contributed by atoms with E-state index in [0.717, 1.165) is 24.3 Å². The minimum absolute atomic E-state index is 0.0904. The first-order valence-corrected chi connectivity index (χ1v) is 8.15. The summed E-state index contributed by atoms with van der Waals surface area (Å²) in [5.74, 6) is 1.17. The lowest BCUT2D eigenvalue weighted by Crippen LogP contribution is -2.39. The van der Waals surface area contributed by atoms with Crippen LogP contribution in [0.5, 0.6) is 0 Å². The quantitative estimate of drug-likeness (QED) is 0.897. The van der Waals surface area contributed by atoms with Crippen LogP contribution in [0.25, 0.3) is 0 Å². The number of carbonyl (C=O) groups excluding carboxylic acids is 2. The summed E-state index contributed by atoms with van der Waals surface area (Å²) < 4.78 is 0. The first-order valence-electron chi connectivity index (χ1n) is 8.15. The van der Waals surface area contributed by atoms with Gasteiger partial charge in [-0.3, -0.25) is 14.7 Å². The van der Waals surface area contributed by atoms with Crippen LogP contribution in [0, 0.1) is 18.8 Å². The van der Waals surface area contributed by atoms with Gasteiger partial charge < -0.3 is 10.2 Å². The van der Waals surface area contributed by atoms with E-state index in [1.54, 1.807) is 6.20 Å². The van der Waals surface area contributed by atoms with Gasteiger partial charge in [0.25, 0.3) is 0 Å². The number of H-pyrrole nitrogens is 1. The minimum atomic E-state index is -0.255. The minimum Gasteiger partial charge on any atom is -0.339 e. The first kappa shape index (κ1) is 15.1. The van der Waals surface area contributed by atoms with Crippen LogP contribution in [0.1, 0.15) is 44.6 Å². The molecule has 0 radical (unpaired) electrons. The molecule has 1 saturated carbocycles. The summed E-state index contributed by atoms with van der Waals surface area (Å²) in [4.78, 5) is 26.6. The number of aromatic amines is 1. The molecule has 1 atom stereocenters. The van der Waals surface area contributed by atoms with Crippen molar-refractivity contribution >= 4 is 17.6 Å². The lowest BCUT2D eigenvalue weighted by atomic mass is 9.87. The van der Waals surface area contributed by atoms with Gasteiger partial charge in [-0.2, -0.15) is 5.10 Å². The molecule has 2 heterocycles. The number of nitrogens with zero attached hydrogens (tertiary/aromatic N) is 2. The largest absolute Gasteiger partial charge is 0.339 e. The number of carbonyl (C=O) groups is 2. The van der Waals surface area contributed by atoms with Crippen LogP contribution in [0.15, 0.2) is 6.20 Å². The molecule has 1 aliphatic carbocycles. The molecule has 2 aliphatic rings. The number of aryl methyl sites for hydroxylation is 1. The van der Waals surface area contributed by atoms with E-state index in [1.165, 1.54) is 12.8 Å². The van der Waals surface area contributed by atoms with Crippen LogP contribution < -0.4 is 5.32 Å². The first-order chi connectivity index (χ1) is 10.5. The molecule has 0 aromatic carbocycles. The molecule has 0 spiro atoms. The summed E-state index contributed by atoms with van der Waals surface area (Å²) in [6.45, 7) is 4.70. The van der Waals surface area contributed by atoms with Crippen LogP contribution in [0.2, 0.25) is 0 Å². The van der Waals surface area contributed by atoms with Crippen LogP contribution in [-0.4, -0.2) is 39.5 Å². The lowest BCUT2D eigenvalue weighted by Gasteiger charge is -2.33. The number of anilines is 1. The fourth-order valence-electron chi connectivity index (χ4n) is 3.51. The van der Waals surface area contributed by atoms with Crippen molar-refractivity contribution in [2.45, 2.75) is 52.0 Å². The summed E-state index contributed by atoms with van der Waals surface area (Å²) in [5.41, 5.74) is 0.899. The van der Waals surface area contributed by atoms with E-state index < -0.39 is 0 Å². The topological polar surface area (TPSA) is 78.1 Å². The van der Waals surface area contributed by atoms with E-state index in [-0.39, 0.29) is 17.7 Å². The zero-order chi connectivity index (χ0) is 15.7. The summed E-state index contributed by atoms with van der Waals surface area (Å²) in [5, 5.41) is 9.51. The fraction of sp³-hybridized carbons (Fsp3) is 0.688. The summed E-state index contributed by atoms with van der Waals surface area (Å²) in [7, 11) is 0. The van der Waals surface area contributed by atoms with Gasteiger partial charge in [-0.1, -0.05) is 6.92 Å². The van der Waals surface area contributed by atoms with Crippen LogP contribution in [0.4, 0.5) is 5.82 Å². The molecule has 1 unspecified atom stereocenters. The molecule has 1 saturated heterocycles. The standard InChI is InChI=1S/C16H24N4O2/c1-10-3-5-13(6-4-10)20-9-12(7-14(20)21)16(22)18-15-11(2)8-17-19-15/h8,10,12-13H,3-7,9H2,1-2H3,(H2,17,18,19,22). The van der Waals surface area contributed by atoms with Crippen LogP contribution >= 0.6 is 0 Å². The van der Waals surface area contributed by atoms with Crippen molar-refractivity contribution < 1.29 is 9.59 Å². The lowest BCUT2D eigenvalue weighted by molar-refractivity contribution is -0.130. The summed E-state index contributed by atoms with van der Waals surface area (Å²) >= 11 is 0. The maximum Gasteiger partial charge on any atom is 0.230 e. The monoisotopic (exact) mass is 304 g/mol. The van der Waals surface area contributed by atoms with Crippen molar-refractivity contribution in [3.63, 3.8) is 0 Å². The van der Waals surface area contributed by atoms with Crippen molar-refractivity contribution in [3.05, 3.63) is 11.8 Å². The molecule has 6 heteroatoms. The Balaban J connectivity index is 1.59. The summed E-state index contributed by atoms with van der Waals surface area (Å²) in [6, 6.07) is 0.329. The van der Waals surface area contributed by atoms with Gasteiger partial charge in [0.2, 0.25) is 11.8 Å². The molecule has 2 amide bonds. The van der Waals surface area contributed by atoms with E-state index >= 15 is 0 Å². The van der Waals surface area contributed by atoms with E-state index in [2.05, 4.69) is 22.4 Å². The molecule has 22 heavy (non-hydrogen) atoms. The normalized spacial score (nSPS) is 28.9. The Labute approximate surface area is 130 Å². The maximum absolute atomic E-state index is 12.4.